The van der Waals surface area contributed by atoms with E-state index >= 15 is 0 Å². The average Bonchev–Trinajstić information content (AvgIpc) is 3.16. The normalized spacial score (nSPS) is 16.7. The van der Waals surface area contributed by atoms with Crippen molar-refractivity contribution < 1.29 is 9.72 Å². The van der Waals surface area contributed by atoms with Gasteiger partial charge in [-0.3, -0.25) is 33.7 Å². The van der Waals surface area contributed by atoms with Crippen LogP contribution in [0.25, 0.3) is 5.65 Å². The molecule has 1 amide bonds. The third-order valence-electron chi connectivity index (χ3n) is 4.66. The van der Waals surface area contributed by atoms with Gasteiger partial charge in [-0.15, -0.1) is 0 Å². The number of nitro groups is 1. The van der Waals surface area contributed by atoms with Gasteiger partial charge in [0.15, 0.2) is 0 Å². The van der Waals surface area contributed by atoms with Gasteiger partial charge in [-0.1, -0.05) is 6.07 Å². The van der Waals surface area contributed by atoms with E-state index in [1.54, 1.807) is 40.9 Å². The van der Waals surface area contributed by atoms with E-state index in [0.717, 1.165) is 10.1 Å². The van der Waals surface area contributed by atoms with Crippen molar-refractivity contribution >= 4 is 28.9 Å². The number of nitrogens with one attached hydrogen (secondary N) is 1. The van der Waals surface area contributed by atoms with Crippen LogP contribution in [0.15, 0.2) is 35.3 Å². The lowest BCUT2D eigenvalue weighted by Crippen LogP contribution is -2.35. The molecule has 0 saturated carbocycles. The number of aryl methyl sites for hydroxylation is 2. The molecule has 11 heteroatoms. The summed E-state index contributed by atoms with van der Waals surface area (Å²) in [5.41, 5.74) is -0.458. The molecular weight excluding hydrogens is 366 g/mol. The number of hydrogen-bond acceptors (Lipinski definition) is 7. The molecule has 3 aromatic rings. The molecule has 1 unspecified atom stereocenters. The molecular formula is C17H17N7O4. The number of hydrogen-bond donors (Lipinski definition) is 1. The van der Waals surface area contributed by atoms with E-state index in [9.17, 15) is 19.7 Å². The van der Waals surface area contributed by atoms with Gasteiger partial charge in [0.05, 0.1) is 10.6 Å². The maximum Gasteiger partial charge on any atom is 0.376 e. The third kappa shape index (κ3) is 2.76. The Hall–Kier alpha value is -3.76. The first-order valence-corrected chi connectivity index (χ1v) is 8.61. The van der Waals surface area contributed by atoms with Gasteiger partial charge in [-0.05, 0) is 25.5 Å². The molecule has 11 nitrogen and oxygen atoms in total. The van der Waals surface area contributed by atoms with Crippen molar-refractivity contribution in [2.75, 3.05) is 16.8 Å². The average molecular weight is 383 g/mol. The number of nitrogens with zero attached hydrogens (tertiary/aromatic N) is 6. The molecule has 0 aliphatic carbocycles. The van der Waals surface area contributed by atoms with Gasteiger partial charge in [-0.2, -0.15) is 5.10 Å². The van der Waals surface area contributed by atoms with Gasteiger partial charge < -0.3 is 5.32 Å². The highest BCUT2D eigenvalue weighted by Gasteiger charge is 2.36. The van der Waals surface area contributed by atoms with Crippen LogP contribution < -0.4 is 15.8 Å². The maximum absolute atomic E-state index is 12.8. The molecule has 0 spiro atoms. The summed E-state index contributed by atoms with van der Waals surface area (Å²) in [7, 11) is 1.74. The van der Waals surface area contributed by atoms with Crippen LogP contribution in [0.4, 0.5) is 17.3 Å². The summed E-state index contributed by atoms with van der Waals surface area (Å²) >= 11 is 0. The van der Waals surface area contributed by atoms with Crippen LogP contribution in [0.1, 0.15) is 12.1 Å². The molecule has 1 saturated heterocycles. The molecule has 0 bridgehead atoms. The van der Waals surface area contributed by atoms with Gasteiger partial charge in [0.2, 0.25) is 5.82 Å². The minimum absolute atomic E-state index is 0.206. The standard InChI is InChI=1S/C17H17N7O4/c1-10-9-13(21(2)20-10)23-8-6-11(16(23)25)18-15-14(24(27)28)17(26)22-7-4-3-5-12(22)19-15/h3-5,7,9,11,18H,6,8H2,1-2H3. The van der Waals surface area contributed by atoms with Gasteiger partial charge in [0, 0.05) is 25.9 Å². The number of amides is 1. The Bertz CT molecular complexity index is 1170. The molecule has 1 aliphatic rings. The van der Waals surface area contributed by atoms with Crippen molar-refractivity contribution in [3.05, 3.63) is 56.6 Å². The first-order valence-electron chi connectivity index (χ1n) is 8.61. The summed E-state index contributed by atoms with van der Waals surface area (Å²) in [6, 6.07) is 5.89. The summed E-state index contributed by atoms with van der Waals surface area (Å²) < 4.78 is 2.71. The van der Waals surface area contributed by atoms with Crippen molar-refractivity contribution in [2.24, 2.45) is 7.05 Å². The second-order valence-electron chi connectivity index (χ2n) is 6.54. The summed E-state index contributed by atoms with van der Waals surface area (Å²) in [6.07, 6.45) is 1.82. The number of anilines is 2. The Morgan fingerprint density at radius 3 is 2.79 bits per heavy atom. The van der Waals surface area contributed by atoms with Crippen molar-refractivity contribution in [1.29, 1.82) is 0 Å². The molecule has 1 fully saturated rings. The highest BCUT2D eigenvalue weighted by Crippen LogP contribution is 2.26. The van der Waals surface area contributed by atoms with Gasteiger partial charge in [0.1, 0.15) is 17.5 Å². The molecule has 4 heterocycles. The second-order valence-corrected chi connectivity index (χ2v) is 6.54. The van der Waals surface area contributed by atoms with Gasteiger partial charge >= 0.3 is 11.2 Å². The highest BCUT2D eigenvalue weighted by molar-refractivity contribution is 6.00. The number of carbonyl (C=O) groups is 1. The second kappa shape index (κ2) is 6.44. The van der Waals surface area contributed by atoms with Crippen LogP contribution >= 0.6 is 0 Å². The first kappa shape index (κ1) is 17.6. The zero-order valence-corrected chi connectivity index (χ0v) is 15.2. The maximum atomic E-state index is 12.8. The van der Waals surface area contributed by atoms with E-state index in [1.807, 2.05) is 6.92 Å². The topological polar surface area (TPSA) is 128 Å². The summed E-state index contributed by atoms with van der Waals surface area (Å²) in [4.78, 5) is 41.8. The minimum atomic E-state index is -0.803. The number of pyridine rings is 1. The summed E-state index contributed by atoms with van der Waals surface area (Å²) in [6.45, 7) is 2.26. The predicted octanol–water partition coefficient (Wildman–Crippen LogP) is 0.862. The Morgan fingerprint density at radius 1 is 1.32 bits per heavy atom. The SMILES string of the molecule is Cc1cc(N2CCC(Nc3nc4ccccn4c(=O)c3[N+](=O)[O-])C2=O)n(C)n1. The van der Waals surface area contributed by atoms with E-state index in [1.165, 1.54) is 6.20 Å². The molecule has 3 aromatic heterocycles. The molecule has 1 N–H and O–H groups in total. The van der Waals surface area contributed by atoms with E-state index in [0.29, 0.717) is 18.8 Å². The zero-order valence-electron chi connectivity index (χ0n) is 15.2. The zero-order chi connectivity index (χ0) is 20.0. The quantitative estimate of drug-likeness (QED) is 0.523. The van der Waals surface area contributed by atoms with Crippen molar-refractivity contribution in [3.8, 4) is 0 Å². The lowest BCUT2D eigenvalue weighted by molar-refractivity contribution is -0.385. The fourth-order valence-corrected chi connectivity index (χ4v) is 3.40. The Balaban J connectivity index is 1.70. The number of carbonyl (C=O) groups excluding carboxylic acids is 1. The Kier molecular flexibility index (Phi) is 4.06. The van der Waals surface area contributed by atoms with E-state index in [4.69, 9.17) is 0 Å². The van der Waals surface area contributed by atoms with Crippen LogP contribution in [-0.4, -0.2) is 42.6 Å². The van der Waals surface area contributed by atoms with Crippen LogP contribution in [0.3, 0.4) is 0 Å². The van der Waals surface area contributed by atoms with Gasteiger partial charge in [-0.25, -0.2) is 4.98 Å². The predicted molar refractivity (Wildman–Crippen MR) is 100 cm³/mol. The lowest BCUT2D eigenvalue weighted by atomic mass is 10.2. The highest BCUT2D eigenvalue weighted by atomic mass is 16.6. The van der Waals surface area contributed by atoms with Crippen molar-refractivity contribution in [2.45, 2.75) is 19.4 Å². The Labute approximate surface area is 158 Å². The summed E-state index contributed by atoms with van der Waals surface area (Å²) in [5.74, 6) is 0.183. The van der Waals surface area contributed by atoms with Crippen LogP contribution in [-0.2, 0) is 11.8 Å². The molecule has 4 rings (SSSR count). The van der Waals surface area contributed by atoms with Crippen molar-refractivity contribution in [1.82, 2.24) is 19.2 Å². The molecule has 144 valence electrons. The summed E-state index contributed by atoms with van der Waals surface area (Å²) in [5, 5.41) is 18.5. The molecule has 0 radical (unpaired) electrons. The van der Waals surface area contributed by atoms with Gasteiger partial charge in [0.25, 0.3) is 5.91 Å². The third-order valence-corrected chi connectivity index (χ3v) is 4.66. The van der Waals surface area contributed by atoms with E-state index in [-0.39, 0.29) is 17.4 Å². The fraction of sp³-hybridized carbons (Fsp3) is 0.294. The minimum Gasteiger partial charge on any atom is -0.352 e. The van der Waals surface area contributed by atoms with Crippen LogP contribution in [0, 0.1) is 17.0 Å². The van der Waals surface area contributed by atoms with Crippen LogP contribution in [0.5, 0.6) is 0 Å². The van der Waals surface area contributed by atoms with Crippen molar-refractivity contribution in [3.63, 3.8) is 0 Å². The molecule has 28 heavy (non-hydrogen) atoms. The number of rotatable bonds is 4. The van der Waals surface area contributed by atoms with E-state index < -0.39 is 22.2 Å². The van der Waals surface area contributed by atoms with E-state index in [2.05, 4.69) is 15.4 Å². The fourth-order valence-electron chi connectivity index (χ4n) is 3.40. The Morgan fingerprint density at radius 2 is 2.11 bits per heavy atom. The number of fused-ring (bicyclic) bond motifs is 1. The molecule has 1 atom stereocenters. The monoisotopic (exact) mass is 383 g/mol. The lowest BCUT2D eigenvalue weighted by Gasteiger charge is -2.17. The smallest absolute Gasteiger partial charge is 0.352 e. The molecule has 1 aliphatic heterocycles. The first-order chi connectivity index (χ1) is 13.4. The van der Waals surface area contributed by atoms with Crippen LogP contribution in [0.2, 0.25) is 0 Å². The molecule has 0 aromatic carbocycles. The largest absolute Gasteiger partial charge is 0.376 e. The number of aromatic nitrogens is 4.